The third kappa shape index (κ3) is 5.25. The van der Waals surface area contributed by atoms with Gasteiger partial charge in [0, 0.05) is 0 Å². The quantitative estimate of drug-likeness (QED) is 0.433. The van der Waals surface area contributed by atoms with Crippen molar-refractivity contribution in [2.24, 2.45) is 0 Å². The van der Waals surface area contributed by atoms with Crippen molar-refractivity contribution in [2.75, 3.05) is 13.7 Å². The lowest BCUT2D eigenvalue weighted by molar-refractivity contribution is -0.148. The second kappa shape index (κ2) is 10.0. The summed E-state index contributed by atoms with van der Waals surface area (Å²) in [7, 11) is 1.20. The Kier molecular flexibility index (Phi) is 7.98. The maximum atomic E-state index is 12.6. The standard InChI is InChI=1S/C20H24ClNO6S/c1-6-11(3)28-17-14(21)8-13(9-15(17)27-7-2)10-16-18(23)22(20(25)29-16)12(4)19(24)26-5/h8-12H,6-7H2,1-5H3/b16-10+/t11-,12+/m1/s1. The van der Waals surface area contributed by atoms with Crippen molar-refractivity contribution in [1.29, 1.82) is 0 Å². The lowest BCUT2D eigenvalue weighted by Gasteiger charge is -2.19. The smallest absolute Gasteiger partial charge is 0.328 e. The highest BCUT2D eigenvalue weighted by Crippen LogP contribution is 2.40. The minimum absolute atomic E-state index is 0.0473. The fourth-order valence-corrected chi connectivity index (χ4v) is 3.75. The summed E-state index contributed by atoms with van der Waals surface area (Å²) in [4.78, 5) is 37.7. The van der Waals surface area contributed by atoms with E-state index in [1.165, 1.54) is 20.1 Å². The predicted molar refractivity (Wildman–Crippen MR) is 112 cm³/mol. The van der Waals surface area contributed by atoms with Crippen LogP contribution in [0.4, 0.5) is 4.79 Å². The number of esters is 1. The van der Waals surface area contributed by atoms with Crippen molar-refractivity contribution in [3.63, 3.8) is 0 Å². The molecule has 0 saturated carbocycles. The van der Waals surface area contributed by atoms with Gasteiger partial charge >= 0.3 is 5.97 Å². The molecule has 0 N–H and O–H groups in total. The van der Waals surface area contributed by atoms with Crippen LogP contribution in [0.3, 0.4) is 0 Å². The Morgan fingerprint density at radius 1 is 1.28 bits per heavy atom. The molecule has 29 heavy (non-hydrogen) atoms. The molecule has 7 nitrogen and oxygen atoms in total. The molecule has 1 aliphatic heterocycles. The molecule has 2 amide bonds. The molecule has 2 rings (SSSR count). The summed E-state index contributed by atoms with van der Waals surface area (Å²) in [6, 6.07) is 2.33. The molecule has 1 fully saturated rings. The maximum Gasteiger partial charge on any atom is 0.328 e. The lowest BCUT2D eigenvalue weighted by Crippen LogP contribution is -2.42. The van der Waals surface area contributed by atoms with E-state index in [1.807, 2.05) is 20.8 Å². The van der Waals surface area contributed by atoms with E-state index in [4.69, 9.17) is 21.1 Å². The summed E-state index contributed by atoms with van der Waals surface area (Å²) in [5.41, 5.74) is 0.575. The molecular formula is C20H24ClNO6S. The SMILES string of the molecule is CCOc1cc(/C=C2/SC(=O)N([C@@H](C)C(=O)OC)C2=O)cc(Cl)c1O[C@H](C)CC. The highest BCUT2D eigenvalue weighted by atomic mass is 35.5. The highest BCUT2D eigenvalue weighted by Gasteiger charge is 2.41. The minimum atomic E-state index is -1.01. The van der Waals surface area contributed by atoms with Crippen molar-refractivity contribution >= 4 is 46.6 Å². The van der Waals surface area contributed by atoms with Crippen LogP contribution in [0.1, 0.15) is 39.7 Å². The summed E-state index contributed by atoms with van der Waals surface area (Å²) in [6.45, 7) is 7.62. The third-order valence-corrected chi connectivity index (χ3v) is 5.44. The number of nitrogens with zero attached hydrogens (tertiary/aromatic N) is 1. The van der Waals surface area contributed by atoms with Gasteiger partial charge in [-0.2, -0.15) is 0 Å². The van der Waals surface area contributed by atoms with Crippen molar-refractivity contribution in [1.82, 2.24) is 4.90 Å². The number of carbonyl (C=O) groups is 3. The Morgan fingerprint density at radius 2 is 1.97 bits per heavy atom. The molecule has 2 atom stereocenters. The number of ether oxygens (including phenoxy) is 3. The fraction of sp³-hybridized carbons (Fsp3) is 0.450. The van der Waals surface area contributed by atoms with Crippen LogP contribution in [0, 0.1) is 0 Å². The fourth-order valence-electron chi connectivity index (χ4n) is 2.57. The summed E-state index contributed by atoms with van der Waals surface area (Å²) in [6.07, 6.45) is 2.29. The molecule has 0 unspecified atom stereocenters. The van der Waals surface area contributed by atoms with Crippen LogP contribution in [0.15, 0.2) is 17.0 Å². The number of methoxy groups -OCH3 is 1. The topological polar surface area (TPSA) is 82.1 Å². The van der Waals surface area contributed by atoms with Gasteiger partial charge in [0.25, 0.3) is 11.1 Å². The molecule has 1 saturated heterocycles. The summed E-state index contributed by atoms with van der Waals surface area (Å²) >= 11 is 7.15. The van der Waals surface area contributed by atoms with Crippen molar-refractivity contribution < 1.29 is 28.6 Å². The molecule has 0 radical (unpaired) electrons. The van der Waals surface area contributed by atoms with Crippen LogP contribution in [0.25, 0.3) is 6.08 Å². The molecule has 0 aliphatic carbocycles. The Labute approximate surface area is 179 Å². The molecular weight excluding hydrogens is 418 g/mol. The van der Waals surface area contributed by atoms with Gasteiger partial charge in [-0.15, -0.1) is 0 Å². The predicted octanol–water partition coefficient (Wildman–Crippen LogP) is 4.51. The monoisotopic (exact) mass is 441 g/mol. The Balaban J connectivity index is 2.37. The second-order valence-electron chi connectivity index (χ2n) is 6.35. The molecule has 1 aromatic rings. The first-order valence-corrected chi connectivity index (χ1v) is 10.4. The Morgan fingerprint density at radius 3 is 2.55 bits per heavy atom. The van der Waals surface area contributed by atoms with Gasteiger partial charge < -0.3 is 14.2 Å². The van der Waals surface area contributed by atoms with Crippen molar-refractivity contribution in [3.05, 3.63) is 27.6 Å². The first-order chi connectivity index (χ1) is 13.7. The first kappa shape index (κ1) is 23.1. The number of carbonyl (C=O) groups excluding carboxylic acids is 3. The van der Waals surface area contributed by atoms with Gasteiger partial charge in [-0.1, -0.05) is 18.5 Å². The van der Waals surface area contributed by atoms with E-state index in [2.05, 4.69) is 4.74 Å². The first-order valence-electron chi connectivity index (χ1n) is 9.21. The largest absolute Gasteiger partial charge is 0.490 e. The van der Waals surface area contributed by atoms with E-state index >= 15 is 0 Å². The summed E-state index contributed by atoms with van der Waals surface area (Å²) < 4.78 is 16.1. The number of hydrogen-bond donors (Lipinski definition) is 0. The normalized spacial score (nSPS) is 17.4. The van der Waals surface area contributed by atoms with Crippen LogP contribution in [-0.4, -0.2) is 47.9 Å². The Hall–Kier alpha value is -2.19. The van der Waals surface area contributed by atoms with E-state index in [1.54, 1.807) is 12.1 Å². The van der Waals surface area contributed by atoms with E-state index in [9.17, 15) is 14.4 Å². The third-order valence-electron chi connectivity index (χ3n) is 4.28. The highest BCUT2D eigenvalue weighted by molar-refractivity contribution is 8.18. The summed E-state index contributed by atoms with van der Waals surface area (Å²) in [5.74, 6) is -0.338. The van der Waals surface area contributed by atoms with Crippen LogP contribution < -0.4 is 9.47 Å². The number of halogens is 1. The molecule has 0 aromatic heterocycles. The van der Waals surface area contributed by atoms with Crippen LogP contribution in [0.2, 0.25) is 5.02 Å². The van der Waals surface area contributed by atoms with E-state index in [0.29, 0.717) is 28.7 Å². The average molecular weight is 442 g/mol. The van der Waals surface area contributed by atoms with E-state index in [0.717, 1.165) is 23.1 Å². The lowest BCUT2D eigenvalue weighted by atomic mass is 10.1. The number of imide groups is 1. The number of benzene rings is 1. The number of rotatable bonds is 8. The van der Waals surface area contributed by atoms with Gasteiger partial charge in [-0.05, 0) is 62.7 Å². The molecule has 1 heterocycles. The Bertz CT molecular complexity index is 841. The van der Waals surface area contributed by atoms with Gasteiger partial charge in [-0.25, -0.2) is 4.79 Å². The van der Waals surface area contributed by atoms with Gasteiger partial charge in [0.15, 0.2) is 11.5 Å². The van der Waals surface area contributed by atoms with E-state index in [-0.39, 0.29) is 11.0 Å². The molecule has 1 aliphatic rings. The zero-order chi connectivity index (χ0) is 21.7. The van der Waals surface area contributed by atoms with Gasteiger partial charge in [-0.3, -0.25) is 14.5 Å². The zero-order valence-corrected chi connectivity index (χ0v) is 18.6. The van der Waals surface area contributed by atoms with Gasteiger partial charge in [0.2, 0.25) is 0 Å². The minimum Gasteiger partial charge on any atom is -0.490 e. The second-order valence-corrected chi connectivity index (χ2v) is 7.75. The maximum absolute atomic E-state index is 12.6. The number of amides is 2. The van der Waals surface area contributed by atoms with Crippen molar-refractivity contribution in [2.45, 2.75) is 46.3 Å². The molecule has 0 bridgehead atoms. The molecule has 9 heteroatoms. The number of thioether (sulfide) groups is 1. The van der Waals surface area contributed by atoms with Gasteiger partial charge in [0.1, 0.15) is 6.04 Å². The van der Waals surface area contributed by atoms with Crippen molar-refractivity contribution in [3.8, 4) is 11.5 Å². The summed E-state index contributed by atoms with van der Waals surface area (Å²) in [5, 5.41) is -0.198. The molecule has 158 valence electrons. The van der Waals surface area contributed by atoms with Gasteiger partial charge in [0.05, 0.1) is 29.7 Å². The van der Waals surface area contributed by atoms with E-state index < -0.39 is 23.2 Å². The number of hydrogen-bond acceptors (Lipinski definition) is 7. The van der Waals surface area contributed by atoms with Crippen LogP contribution >= 0.6 is 23.4 Å². The molecule has 1 aromatic carbocycles. The van der Waals surface area contributed by atoms with Crippen LogP contribution in [-0.2, 0) is 14.3 Å². The van der Waals surface area contributed by atoms with Crippen LogP contribution in [0.5, 0.6) is 11.5 Å². The zero-order valence-electron chi connectivity index (χ0n) is 17.0. The average Bonchev–Trinajstić information content (AvgIpc) is 2.96. The molecule has 0 spiro atoms.